The minimum absolute atomic E-state index is 0.0655. The van der Waals surface area contributed by atoms with Gasteiger partial charge in [-0.3, -0.25) is 4.79 Å². The van der Waals surface area contributed by atoms with E-state index in [0.717, 1.165) is 54.9 Å². The van der Waals surface area contributed by atoms with E-state index in [4.69, 9.17) is 9.47 Å². The fraction of sp³-hybridized carbons (Fsp3) is 0.559. The van der Waals surface area contributed by atoms with Crippen LogP contribution in [-0.2, 0) is 13.1 Å². The Kier molecular flexibility index (Phi) is 9.76. The number of amides is 1. The van der Waals surface area contributed by atoms with Gasteiger partial charge in [0, 0.05) is 50.5 Å². The quantitative estimate of drug-likeness (QED) is 0.376. The summed E-state index contributed by atoms with van der Waals surface area (Å²) in [6.45, 7) is 4.43. The topological polar surface area (TPSA) is 89.3 Å². The van der Waals surface area contributed by atoms with Crippen molar-refractivity contribution in [3.8, 4) is 11.5 Å². The van der Waals surface area contributed by atoms with E-state index >= 15 is 0 Å². The Morgan fingerprint density at radius 3 is 2.57 bits per heavy atom. The Morgan fingerprint density at radius 2 is 1.82 bits per heavy atom. The molecule has 6 rings (SSSR count). The molecule has 3 heterocycles. The summed E-state index contributed by atoms with van der Waals surface area (Å²) in [6.07, 6.45) is 10.6. The van der Waals surface area contributed by atoms with E-state index in [9.17, 15) is 9.18 Å². The molecule has 0 spiro atoms. The first-order chi connectivity index (χ1) is 21.4. The summed E-state index contributed by atoms with van der Waals surface area (Å²) in [7, 11) is 3.96. The predicted octanol–water partition coefficient (Wildman–Crippen LogP) is 3.97. The molecule has 1 atom stereocenters. The smallest absolute Gasteiger partial charge is 0.253 e. The first-order valence-electron chi connectivity index (χ1n) is 16.3. The zero-order chi connectivity index (χ0) is 30.5. The number of ether oxygens (including phenoxy) is 2. The number of carbonyl (C=O) groups excluding carboxylic acids is 1. The minimum atomic E-state index is -0.342. The van der Waals surface area contributed by atoms with Gasteiger partial charge < -0.3 is 24.6 Å². The summed E-state index contributed by atoms with van der Waals surface area (Å²) in [5, 5.41) is 10.7. The molecular weight excluding hydrogens is 559 g/mol. The molecule has 236 valence electrons. The van der Waals surface area contributed by atoms with Gasteiger partial charge >= 0.3 is 0 Å². The van der Waals surface area contributed by atoms with Gasteiger partial charge in [0.2, 0.25) is 0 Å². The van der Waals surface area contributed by atoms with Crippen molar-refractivity contribution in [2.24, 2.45) is 0 Å². The number of hydrogen-bond donors (Lipinski definition) is 1. The lowest BCUT2D eigenvalue weighted by molar-refractivity contribution is -0.638. The van der Waals surface area contributed by atoms with Crippen molar-refractivity contribution < 1.29 is 24.0 Å². The molecule has 2 aliphatic heterocycles. The Labute approximate surface area is 259 Å². The normalized spacial score (nSPS) is 19.9. The molecule has 2 N–H and O–H groups in total. The van der Waals surface area contributed by atoms with Crippen molar-refractivity contribution in [1.82, 2.24) is 24.8 Å². The summed E-state index contributed by atoms with van der Waals surface area (Å²) in [4.78, 5) is 17.6. The highest BCUT2D eigenvalue weighted by Gasteiger charge is 2.28. The number of halogens is 1. The molecule has 1 amide bonds. The molecule has 9 nitrogen and oxygen atoms in total. The lowest BCUT2D eigenvalue weighted by Crippen LogP contribution is -2.81. The molecule has 1 saturated carbocycles. The van der Waals surface area contributed by atoms with Gasteiger partial charge in [0.05, 0.1) is 25.0 Å². The van der Waals surface area contributed by atoms with Crippen molar-refractivity contribution in [2.45, 2.75) is 82.6 Å². The number of carbonyl (C=O) groups is 1. The van der Waals surface area contributed by atoms with Gasteiger partial charge in [-0.2, -0.15) is 0 Å². The summed E-state index contributed by atoms with van der Waals surface area (Å²) >= 11 is 0. The first-order valence-corrected chi connectivity index (χ1v) is 16.3. The van der Waals surface area contributed by atoms with Crippen molar-refractivity contribution in [3.63, 3.8) is 0 Å². The lowest BCUT2D eigenvalue weighted by atomic mass is 9.83. The maximum atomic E-state index is 14.5. The zero-order valence-corrected chi connectivity index (χ0v) is 26.1. The van der Waals surface area contributed by atoms with Crippen LogP contribution >= 0.6 is 0 Å². The molecular formula is C34H46FN6O3+. The van der Waals surface area contributed by atoms with E-state index < -0.39 is 0 Å². The summed E-state index contributed by atoms with van der Waals surface area (Å²) in [5.74, 6) is 1.65. The lowest BCUT2D eigenvalue weighted by Gasteiger charge is -2.33. The van der Waals surface area contributed by atoms with Crippen molar-refractivity contribution in [2.75, 3.05) is 40.3 Å². The largest absolute Gasteiger partial charge is 0.490 e. The first kappa shape index (κ1) is 30.5. The second kappa shape index (κ2) is 14.1. The van der Waals surface area contributed by atoms with Crippen molar-refractivity contribution in [1.29, 1.82) is 0 Å². The summed E-state index contributed by atoms with van der Waals surface area (Å²) in [6, 6.07) is 10.9. The van der Waals surface area contributed by atoms with Crippen LogP contribution in [0.5, 0.6) is 11.5 Å². The van der Waals surface area contributed by atoms with Crippen molar-refractivity contribution in [3.05, 3.63) is 70.8 Å². The highest BCUT2D eigenvalue weighted by molar-refractivity contribution is 5.94. The highest BCUT2D eigenvalue weighted by atomic mass is 19.1. The van der Waals surface area contributed by atoms with Crippen LogP contribution in [0.25, 0.3) is 0 Å². The number of nitrogens with two attached hydrogens (primary N) is 1. The molecule has 10 heteroatoms. The third-order valence-electron chi connectivity index (χ3n) is 9.09. The van der Waals surface area contributed by atoms with E-state index in [1.54, 1.807) is 4.68 Å². The van der Waals surface area contributed by atoms with Crippen LogP contribution in [0.15, 0.2) is 42.6 Å². The van der Waals surface area contributed by atoms with Crippen LogP contribution in [0.2, 0.25) is 0 Å². The SMILES string of the molecule is CN(C)Cc1cn(Cc2cc(F)cc(OC3CCN(C(=O)c4ccc(O[C@H]5CC[NH2+]C5)c(C5CCCCC5)c4)CC3)c2)nn1. The number of rotatable bonds is 10. The van der Waals surface area contributed by atoms with Crippen LogP contribution in [0.4, 0.5) is 4.39 Å². The zero-order valence-electron chi connectivity index (χ0n) is 26.1. The Hall–Kier alpha value is -3.50. The number of hydrogen-bond acceptors (Lipinski definition) is 6. The third-order valence-corrected chi connectivity index (χ3v) is 9.09. The average molecular weight is 606 g/mol. The number of nitrogens with zero attached hydrogens (tertiary/aromatic N) is 5. The molecule has 0 radical (unpaired) electrons. The molecule has 1 aromatic heterocycles. The molecule has 0 unspecified atom stereocenters. The van der Waals surface area contributed by atoms with E-state index in [-0.39, 0.29) is 23.9 Å². The van der Waals surface area contributed by atoms with Crippen LogP contribution in [0.1, 0.15) is 84.5 Å². The fourth-order valence-corrected chi connectivity index (χ4v) is 6.86. The number of aromatic nitrogens is 3. The Bertz CT molecular complexity index is 1410. The van der Waals surface area contributed by atoms with Gasteiger partial charge in [-0.05, 0) is 74.3 Å². The molecule has 1 aliphatic carbocycles. The van der Waals surface area contributed by atoms with Crippen molar-refractivity contribution >= 4 is 5.91 Å². The number of benzene rings is 2. The van der Waals surface area contributed by atoms with Crippen LogP contribution in [-0.4, -0.2) is 83.2 Å². The van der Waals surface area contributed by atoms with Gasteiger partial charge in [0.15, 0.2) is 6.10 Å². The number of quaternary nitrogens is 1. The molecule has 44 heavy (non-hydrogen) atoms. The summed E-state index contributed by atoms with van der Waals surface area (Å²) in [5.41, 5.74) is 3.58. The molecule has 3 aromatic rings. The monoisotopic (exact) mass is 605 g/mol. The molecule has 2 saturated heterocycles. The fourth-order valence-electron chi connectivity index (χ4n) is 6.86. The molecule has 2 aromatic carbocycles. The Morgan fingerprint density at radius 1 is 1.00 bits per heavy atom. The average Bonchev–Trinajstić information content (AvgIpc) is 3.69. The van der Waals surface area contributed by atoms with Gasteiger partial charge in [0.25, 0.3) is 5.91 Å². The van der Waals surface area contributed by atoms with Gasteiger partial charge in [-0.1, -0.05) is 24.5 Å². The summed E-state index contributed by atoms with van der Waals surface area (Å²) < 4.78 is 28.9. The minimum Gasteiger partial charge on any atom is -0.490 e. The highest BCUT2D eigenvalue weighted by Crippen LogP contribution is 2.39. The second-order valence-electron chi connectivity index (χ2n) is 13.0. The maximum Gasteiger partial charge on any atom is 0.253 e. The molecule has 3 aliphatic rings. The van der Waals surface area contributed by atoms with Crippen LogP contribution in [0.3, 0.4) is 0 Å². The molecule has 0 bridgehead atoms. The predicted molar refractivity (Wildman–Crippen MR) is 165 cm³/mol. The van der Waals surface area contributed by atoms with E-state index in [1.165, 1.54) is 37.0 Å². The third kappa shape index (κ3) is 7.77. The van der Waals surface area contributed by atoms with Crippen LogP contribution in [0, 0.1) is 5.82 Å². The standard InChI is InChI=1S/C34H45FN6O3/c1-39(2)22-28-23-41(38-37-28)21-24-16-27(35)19-31(17-24)43-29-11-14-40(15-12-29)34(42)26-8-9-33(44-30-10-13-36-20-30)32(18-26)25-6-4-3-5-7-25/h8-9,16-19,23,25,29-30,36H,3-7,10-15,20-22H2,1-2H3/p+1/t30-/m0/s1. The van der Waals surface area contributed by atoms with E-state index in [0.29, 0.717) is 50.7 Å². The molecule has 3 fully saturated rings. The van der Waals surface area contributed by atoms with E-state index in [1.807, 2.05) is 48.3 Å². The van der Waals surface area contributed by atoms with E-state index in [2.05, 4.69) is 21.7 Å². The van der Waals surface area contributed by atoms with Crippen LogP contribution < -0.4 is 14.8 Å². The van der Waals surface area contributed by atoms with Gasteiger partial charge in [-0.25, -0.2) is 9.07 Å². The maximum absolute atomic E-state index is 14.5. The number of likely N-dealkylation sites (tertiary alicyclic amines) is 1. The Balaban J connectivity index is 1.07. The van der Waals surface area contributed by atoms with Gasteiger partial charge in [0.1, 0.15) is 30.0 Å². The second-order valence-corrected chi connectivity index (χ2v) is 13.0. The van der Waals surface area contributed by atoms with Gasteiger partial charge in [-0.15, -0.1) is 5.10 Å². The number of piperidine rings is 1.